The van der Waals surface area contributed by atoms with Gasteiger partial charge in [-0.05, 0) is 5.56 Å². The predicted octanol–water partition coefficient (Wildman–Crippen LogP) is 1.60. The van der Waals surface area contributed by atoms with E-state index in [-0.39, 0.29) is 19.1 Å². The van der Waals surface area contributed by atoms with E-state index < -0.39 is 0 Å². The molecule has 112 valence electrons. The van der Waals surface area contributed by atoms with Gasteiger partial charge in [0.1, 0.15) is 0 Å². The zero-order chi connectivity index (χ0) is 15.1. The molecule has 21 heavy (non-hydrogen) atoms. The molecule has 0 spiro atoms. The number of hydrogen-bond donors (Lipinski definition) is 1. The third kappa shape index (κ3) is 4.63. The predicted molar refractivity (Wildman–Crippen MR) is 84.3 cm³/mol. The molecule has 1 aromatic heterocycles. The molecular formula is C15H19N3O2S. The summed E-state index contributed by atoms with van der Waals surface area (Å²) >= 11 is 1.43. The first-order chi connectivity index (χ1) is 10.2. The zero-order valence-corrected chi connectivity index (χ0v) is 12.8. The van der Waals surface area contributed by atoms with Gasteiger partial charge in [-0.25, -0.2) is 4.98 Å². The standard InChI is InChI=1S/C15H19N3O2S/c1-17(15-16-7-10-21-15)14(20)12-18(8-9-19)11-13-5-3-2-4-6-13/h2-7,10,19H,8-9,11-12H2,1H3. The van der Waals surface area contributed by atoms with Crippen molar-refractivity contribution in [2.24, 2.45) is 0 Å². The van der Waals surface area contributed by atoms with Crippen LogP contribution in [0.3, 0.4) is 0 Å². The summed E-state index contributed by atoms with van der Waals surface area (Å²) in [6, 6.07) is 9.92. The minimum absolute atomic E-state index is 0.0288. The Hall–Kier alpha value is -1.76. The summed E-state index contributed by atoms with van der Waals surface area (Å²) in [4.78, 5) is 19.9. The first-order valence-corrected chi connectivity index (χ1v) is 7.62. The summed E-state index contributed by atoms with van der Waals surface area (Å²) in [5.41, 5.74) is 1.12. The number of likely N-dealkylation sites (N-methyl/N-ethyl adjacent to an activating group) is 1. The zero-order valence-electron chi connectivity index (χ0n) is 12.0. The highest BCUT2D eigenvalue weighted by Gasteiger charge is 2.17. The van der Waals surface area contributed by atoms with Crippen LogP contribution in [0.2, 0.25) is 0 Å². The largest absolute Gasteiger partial charge is 0.395 e. The summed E-state index contributed by atoms with van der Waals surface area (Å²) in [6.07, 6.45) is 1.68. The second kappa shape index (κ2) is 7.87. The van der Waals surface area contributed by atoms with E-state index >= 15 is 0 Å². The lowest BCUT2D eigenvalue weighted by Gasteiger charge is -2.23. The molecule has 0 atom stereocenters. The fourth-order valence-corrected chi connectivity index (χ4v) is 2.61. The van der Waals surface area contributed by atoms with Crippen molar-refractivity contribution in [3.63, 3.8) is 0 Å². The quantitative estimate of drug-likeness (QED) is 0.844. The van der Waals surface area contributed by atoms with Gasteiger partial charge in [0.15, 0.2) is 5.13 Å². The maximum Gasteiger partial charge on any atom is 0.242 e. The Morgan fingerprint density at radius 3 is 2.71 bits per heavy atom. The molecule has 1 heterocycles. The van der Waals surface area contributed by atoms with Gasteiger partial charge >= 0.3 is 0 Å². The summed E-state index contributed by atoms with van der Waals surface area (Å²) < 4.78 is 0. The molecule has 1 N–H and O–H groups in total. The second-order valence-electron chi connectivity index (χ2n) is 4.69. The Bertz CT molecular complexity index is 545. The van der Waals surface area contributed by atoms with E-state index in [9.17, 15) is 9.90 Å². The minimum Gasteiger partial charge on any atom is -0.395 e. The lowest BCUT2D eigenvalue weighted by molar-refractivity contribution is -0.119. The smallest absolute Gasteiger partial charge is 0.242 e. The van der Waals surface area contributed by atoms with Crippen LogP contribution in [0.5, 0.6) is 0 Å². The van der Waals surface area contributed by atoms with Gasteiger partial charge in [0.25, 0.3) is 0 Å². The van der Waals surface area contributed by atoms with Crippen LogP contribution in [0.25, 0.3) is 0 Å². The molecule has 1 aromatic carbocycles. The fraction of sp³-hybridized carbons (Fsp3) is 0.333. The maximum atomic E-state index is 12.3. The van der Waals surface area contributed by atoms with E-state index in [0.717, 1.165) is 5.56 Å². The molecule has 2 aromatic rings. The van der Waals surface area contributed by atoms with E-state index in [1.165, 1.54) is 11.3 Å². The van der Waals surface area contributed by atoms with Crippen LogP contribution >= 0.6 is 11.3 Å². The molecule has 6 heteroatoms. The number of aliphatic hydroxyl groups is 1. The molecule has 0 fully saturated rings. The van der Waals surface area contributed by atoms with Gasteiger partial charge < -0.3 is 5.11 Å². The molecular weight excluding hydrogens is 286 g/mol. The van der Waals surface area contributed by atoms with Gasteiger partial charge in [0.2, 0.25) is 5.91 Å². The third-order valence-corrected chi connectivity index (χ3v) is 3.95. The highest BCUT2D eigenvalue weighted by molar-refractivity contribution is 7.13. The SMILES string of the molecule is CN(C(=O)CN(CCO)Cc1ccccc1)c1nccs1. The minimum atomic E-state index is -0.0330. The van der Waals surface area contributed by atoms with E-state index in [2.05, 4.69) is 4.98 Å². The number of thiazole rings is 1. The molecule has 0 unspecified atom stereocenters. The Morgan fingerprint density at radius 2 is 2.10 bits per heavy atom. The second-order valence-corrected chi connectivity index (χ2v) is 5.56. The average molecular weight is 305 g/mol. The van der Waals surface area contributed by atoms with Gasteiger partial charge in [0, 0.05) is 31.7 Å². The van der Waals surface area contributed by atoms with Gasteiger partial charge in [0.05, 0.1) is 13.2 Å². The van der Waals surface area contributed by atoms with Crippen LogP contribution < -0.4 is 4.90 Å². The monoisotopic (exact) mass is 305 g/mol. The third-order valence-electron chi connectivity index (χ3n) is 3.10. The van der Waals surface area contributed by atoms with Crippen LogP contribution in [0.4, 0.5) is 5.13 Å². The lowest BCUT2D eigenvalue weighted by Crippen LogP contribution is -2.39. The summed E-state index contributed by atoms with van der Waals surface area (Å²) in [5.74, 6) is -0.0330. The lowest BCUT2D eigenvalue weighted by atomic mass is 10.2. The van der Waals surface area contributed by atoms with Crippen LogP contribution in [-0.4, -0.2) is 47.6 Å². The van der Waals surface area contributed by atoms with Crippen molar-refractivity contribution in [3.05, 3.63) is 47.5 Å². The van der Waals surface area contributed by atoms with Gasteiger partial charge in [-0.3, -0.25) is 14.6 Å². The summed E-state index contributed by atoms with van der Waals surface area (Å²) in [5, 5.41) is 11.7. The van der Waals surface area contributed by atoms with Crippen molar-refractivity contribution in [2.45, 2.75) is 6.54 Å². The van der Waals surface area contributed by atoms with Crippen LogP contribution in [-0.2, 0) is 11.3 Å². The molecule has 0 aliphatic carbocycles. The number of aromatic nitrogens is 1. The summed E-state index contributed by atoms with van der Waals surface area (Å²) in [7, 11) is 1.72. The van der Waals surface area contributed by atoms with Gasteiger partial charge in [-0.15, -0.1) is 11.3 Å². The number of rotatable bonds is 7. The van der Waals surface area contributed by atoms with E-state index in [1.54, 1.807) is 18.1 Å². The van der Waals surface area contributed by atoms with Gasteiger partial charge in [-0.1, -0.05) is 30.3 Å². The van der Waals surface area contributed by atoms with Crippen molar-refractivity contribution in [1.29, 1.82) is 0 Å². The van der Waals surface area contributed by atoms with Crippen LogP contribution in [0, 0.1) is 0 Å². The van der Waals surface area contributed by atoms with Crippen molar-refractivity contribution >= 4 is 22.4 Å². The van der Waals surface area contributed by atoms with Crippen LogP contribution in [0.1, 0.15) is 5.56 Å². The number of aliphatic hydroxyl groups excluding tert-OH is 1. The Kier molecular flexibility index (Phi) is 5.86. The highest BCUT2D eigenvalue weighted by atomic mass is 32.1. The topological polar surface area (TPSA) is 56.7 Å². The Balaban J connectivity index is 1.97. The van der Waals surface area contributed by atoms with E-state index in [1.807, 2.05) is 40.6 Å². The highest BCUT2D eigenvalue weighted by Crippen LogP contribution is 2.16. The molecule has 5 nitrogen and oxygen atoms in total. The number of amides is 1. The molecule has 0 aliphatic rings. The molecule has 0 bridgehead atoms. The fourth-order valence-electron chi connectivity index (χ4n) is 1.98. The van der Waals surface area contributed by atoms with E-state index in [0.29, 0.717) is 18.2 Å². The number of carbonyl (C=O) groups is 1. The van der Waals surface area contributed by atoms with Crippen molar-refractivity contribution in [2.75, 3.05) is 31.6 Å². The van der Waals surface area contributed by atoms with Crippen LogP contribution in [0.15, 0.2) is 41.9 Å². The maximum absolute atomic E-state index is 12.3. The number of hydrogen-bond acceptors (Lipinski definition) is 5. The molecule has 0 radical (unpaired) electrons. The number of carbonyl (C=O) groups excluding carboxylic acids is 1. The first-order valence-electron chi connectivity index (χ1n) is 6.74. The first kappa shape index (κ1) is 15.6. The van der Waals surface area contributed by atoms with Crippen molar-refractivity contribution in [3.8, 4) is 0 Å². The number of benzene rings is 1. The molecule has 0 saturated heterocycles. The molecule has 2 rings (SSSR count). The summed E-state index contributed by atoms with van der Waals surface area (Å²) in [6.45, 7) is 1.39. The molecule has 0 saturated carbocycles. The molecule has 1 amide bonds. The Labute approximate surface area is 128 Å². The van der Waals surface area contributed by atoms with E-state index in [4.69, 9.17) is 0 Å². The molecule has 0 aliphatic heterocycles. The average Bonchev–Trinajstić information content (AvgIpc) is 3.02. The van der Waals surface area contributed by atoms with Crippen molar-refractivity contribution < 1.29 is 9.90 Å². The van der Waals surface area contributed by atoms with Crippen molar-refractivity contribution in [1.82, 2.24) is 9.88 Å². The number of nitrogens with zero attached hydrogens (tertiary/aromatic N) is 3. The number of anilines is 1. The Morgan fingerprint density at radius 1 is 1.33 bits per heavy atom. The van der Waals surface area contributed by atoms with Gasteiger partial charge in [-0.2, -0.15) is 0 Å². The normalized spacial score (nSPS) is 10.8.